The van der Waals surface area contributed by atoms with Crippen LogP contribution in [0, 0.1) is 11.3 Å². The van der Waals surface area contributed by atoms with E-state index in [0.717, 1.165) is 22.0 Å². The third-order valence-electron chi connectivity index (χ3n) is 3.43. The Labute approximate surface area is 123 Å². The molecule has 0 saturated heterocycles. The summed E-state index contributed by atoms with van der Waals surface area (Å²) < 4.78 is 7.11. The van der Waals surface area contributed by atoms with Gasteiger partial charge >= 0.3 is 0 Å². The first-order valence-electron chi connectivity index (χ1n) is 6.72. The molecule has 4 heteroatoms. The van der Waals surface area contributed by atoms with Crippen LogP contribution in [0.2, 0.25) is 0 Å². The summed E-state index contributed by atoms with van der Waals surface area (Å²) in [6.45, 7) is 1.30. The van der Waals surface area contributed by atoms with Crippen LogP contribution < -0.4 is 0 Å². The van der Waals surface area contributed by atoms with E-state index in [0.29, 0.717) is 18.7 Å². The lowest BCUT2D eigenvalue weighted by molar-refractivity contribution is 0.185. The van der Waals surface area contributed by atoms with Gasteiger partial charge in [-0.15, -0.1) is 0 Å². The lowest BCUT2D eigenvalue weighted by Crippen LogP contribution is -2.01. The van der Waals surface area contributed by atoms with E-state index in [2.05, 4.69) is 29.4 Å². The molecular weight excluding hydrogens is 262 g/mol. The monoisotopic (exact) mass is 277 g/mol. The van der Waals surface area contributed by atoms with Gasteiger partial charge in [0, 0.05) is 12.5 Å². The lowest BCUT2D eigenvalue weighted by Gasteiger charge is -2.05. The molecule has 3 rings (SSSR count). The highest BCUT2D eigenvalue weighted by atomic mass is 16.5. The van der Waals surface area contributed by atoms with Gasteiger partial charge in [-0.25, -0.2) is 0 Å². The second-order valence-corrected chi connectivity index (χ2v) is 4.94. The van der Waals surface area contributed by atoms with Crippen molar-refractivity contribution in [2.45, 2.75) is 13.2 Å². The molecular formula is C17H15N3O. The summed E-state index contributed by atoms with van der Waals surface area (Å²) >= 11 is 0. The number of aromatic nitrogens is 2. The zero-order valence-electron chi connectivity index (χ0n) is 11.8. The molecule has 0 radical (unpaired) electrons. The molecule has 3 aromatic rings. The molecule has 0 spiro atoms. The van der Waals surface area contributed by atoms with Crippen molar-refractivity contribution < 1.29 is 4.74 Å². The Morgan fingerprint density at radius 2 is 1.90 bits per heavy atom. The maximum absolute atomic E-state index is 8.82. The van der Waals surface area contributed by atoms with Crippen LogP contribution in [0.25, 0.3) is 10.9 Å². The van der Waals surface area contributed by atoms with E-state index in [4.69, 9.17) is 10.00 Å². The van der Waals surface area contributed by atoms with Crippen molar-refractivity contribution in [3.8, 4) is 6.07 Å². The van der Waals surface area contributed by atoms with Crippen molar-refractivity contribution in [3.05, 3.63) is 65.4 Å². The van der Waals surface area contributed by atoms with Crippen LogP contribution in [0.1, 0.15) is 16.7 Å². The van der Waals surface area contributed by atoms with Gasteiger partial charge in [0.2, 0.25) is 0 Å². The van der Waals surface area contributed by atoms with Crippen molar-refractivity contribution in [2.24, 2.45) is 0 Å². The molecule has 0 fully saturated rings. The van der Waals surface area contributed by atoms with Crippen molar-refractivity contribution in [2.75, 3.05) is 7.11 Å². The standard InChI is InChI=1S/C17H15N3O/c1-21-12-15-6-7-17-16(8-15)10-19-20(17)11-14-4-2-13(9-18)3-5-14/h2-8,10H,11-12H2,1H3. The smallest absolute Gasteiger partial charge is 0.0991 e. The SMILES string of the molecule is COCc1ccc2c(cnn2Cc2ccc(C#N)cc2)c1. The number of ether oxygens (including phenoxy) is 1. The number of nitriles is 1. The van der Waals surface area contributed by atoms with Crippen LogP contribution in [-0.2, 0) is 17.9 Å². The molecule has 4 nitrogen and oxygen atoms in total. The van der Waals surface area contributed by atoms with Gasteiger partial charge < -0.3 is 4.74 Å². The minimum atomic E-state index is 0.608. The number of methoxy groups -OCH3 is 1. The molecule has 0 bridgehead atoms. The molecule has 2 aromatic carbocycles. The van der Waals surface area contributed by atoms with Crippen LogP contribution in [0.4, 0.5) is 0 Å². The Bertz CT molecular complexity index is 797. The largest absolute Gasteiger partial charge is 0.380 e. The third-order valence-corrected chi connectivity index (χ3v) is 3.43. The van der Waals surface area contributed by atoms with Crippen LogP contribution in [-0.4, -0.2) is 16.9 Å². The molecule has 0 saturated carbocycles. The van der Waals surface area contributed by atoms with Crippen molar-refractivity contribution in [1.29, 1.82) is 5.26 Å². The second kappa shape index (κ2) is 5.78. The maximum Gasteiger partial charge on any atom is 0.0991 e. The average Bonchev–Trinajstić information content (AvgIpc) is 2.91. The minimum absolute atomic E-state index is 0.608. The number of rotatable bonds is 4. The summed E-state index contributed by atoms with van der Waals surface area (Å²) in [4.78, 5) is 0. The highest BCUT2D eigenvalue weighted by Crippen LogP contribution is 2.17. The molecule has 0 atom stereocenters. The summed E-state index contributed by atoms with van der Waals surface area (Å²) in [5, 5.41) is 14.4. The predicted octanol–water partition coefficient (Wildman–Crippen LogP) is 3.10. The van der Waals surface area contributed by atoms with E-state index >= 15 is 0 Å². The summed E-state index contributed by atoms with van der Waals surface area (Å²) in [6.07, 6.45) is 1.87. The van der Waals surface area contributed by atoms with Crippen LogP contribution in [0.15, 0.2) is 48.7 Å². The first-order valence-corrected chi connectivity index (χ1v) is 6.72. The van der Waals surface area contributed by atoms with Crippen LogP contribution in [0.5, 0.6) is 0 Å². The number of nitrogens with zero attached hydrogens (tertiary/aromatic N) is 3. The minimum Gasteiger partial charge on any atom is -0.380 e. The Hall–Kier alpha value is -2.64. The van der Waals surface area contributed by atoms with Crippen LogP contribution in [0.3, 0.4) is 0 Å². The lowest BCUT2D eigenvalue weighted by atomic mass is 10.1. The van der Waals surface area contributed by atoms with Crippen molar-refractivity contribution in [3.63, 3.8) is 0 Å². The van der Waals surface area contributed by atoms with Crippen molar-refractivity contribution in [1.82, 2.24) is 9.78 Å². The Morgan fingerprint density at radius 3 is 2.62 bits per heavy atom. The van der Waals surface area contributed by atoms with Gasteiger partial charge in [0.05, 0.1) is 36.5 Å². The molecule has 0 aliphatic carbocycles. The maximum atomic E-state index is 8.82. The molecule has 21 heavy (non-hydrogen) atoms. The van der Waals surface area contributed by atoms with E-state index in [1.165, 1.54) is 0 Å². The Morgan fingerprint density at radius 1 is 1.14 bits per heavy atom. The zero-order chi connectivity index (χ0) is 14.7. The van der Waals surface area contributed by atoms with Gasteiger partial charge in [-0.1, -0.05) is 18.2 Å². The Balaban J connectivity index is 1.88. The van der Waals surface area contributed by atoms with Gasteiger partial charge in [-0.05, 0) is 35.4 Å². The molecule has 104 valence electrons. The van der Waals surface area contributed by atoms with E-state index in [1.54, 1.807) is 7.11 Å². The number of fused-ring (bicyclic) bond motifs is 1. The van der Waals surface area contributed by atoms with Gasteiger partial charge in [0.25, 0.3) is 0 Å². The topological polar surface area (TPSA) is 50.8 Å². The number of hydrogen-bond acceptors (Lipinski definition) is 3. The fourth-order valence-electron chi connectivity index (χ4n) is 2.38. The average molecular weight is 277 g/mol. The van der Waals surface area contributed by atoms with Gasteiger partial charge in [-0.2, -0.15) is 10.4 Å². The highest BCUT2D eigenvalue weighted by Gasteiger charge is 2.05. The van der Waals surface area contributed by atoms with E-state index < -0.39 is 0 Å². The van der Waals surface area contributed by atoms with E-state index in [9.17, 15) is 0 Å². The molecule has 0 N–H and O–H groups in total. The molecule has 1 heterocycles. The van der Waals surface area contributed by atoms with Gasteiger partial charge in [0.1, 0.15) is 0 Å². The molecule has 0 unspecified atom stereocenters. The van der Waals surface area contributed by atoms with Crippen molar-refractivity contribution >= 4 is 10.9 Å². The number of benzene rings is 2. The highest BCUT2D eigenvalue weighted by molar-refractivity contribution is 5.79. The van der Waals surface area contributed by atoms with Gasteiger partial charge in [-0.3, -0.25) is 4.68 Å². The first kappa shape index (κ1) is 13.3. The zero-order valence-corrected chi connectivity index (χ0v) is 11.8. The normalized spacial score (nSPS) is 10.7. The molecule has 0 aliphatic rings. The number of hydrogen-bond donors (Lipinski definition) is 0. The summed E-state index contributed by atoms with van der Waals surface area (Å²) in [5.41, 5.74) is 4.04. The second-order valence-electron chi connectivity index (χ2n) is 4.94. The van der Waals surface area contributed by atoms with Crippen LogP contribution >= 0.6 is 0 Å². The van der Waals surface area contributed by atoms with E-state index in [-0.39, 0.29) is 0 Å². The van der Waals surface area contributed by atoms with Gasteiger partial charge in [0.15, 0.2) is 0 Å². The Kier molecular flexibility index (Phi) is 3.67. The fourth-order valence-corrected chi connectivity index (χ4v) is 2.38. The molecule has 0 amide bonds. The predicted molar refractivity (Wildman–Crippen MR) is 80.7 cm³/mol. The van der Waals surface area contributed by atoms with E-state index in [1.807, 2.05) is 35.1 Å². The summed E-state index contributed by atoms with van der Waals surface area (Å²) in [6, 6.07) is 15.9. The fraction of sp³-hybridized carbons (Fsp3) is 0.176. The summed E-state index contributed by atoms with van der Waals surface area (Å²) in [7, 11) is 1.69. The summed E-state index contributed by atoms with van der Waals surface area (Å²) in [5.74, 6) is 0. The first-order chi connectivity index (χ1) is 10.3. The molecule has 0 aliphatic heterocycles. The third kappa shape index (κ3) is 2.78. The quantitative estimate of drug-likeness (QED) is 0.736. The molecule has 1 aromatic heterocycles.